The van der Waals surface area contributed by atoms with Crippen LogP contribution in [-0.2, 0) is 16.0 Å². The molecule has 0 spiro atoms. The van der Waals surface area contributed by atoms with Gasteiger partial charge in [0.1, 0.15) is 5.25 Å². The molecule has 1 atom stereocenters. The predicted molar refractivity (Wildman–Crippen MR) is 82.3 cm³/mol. The monoisotopic (exact) mass is 305 g/mol. The van der Waals surface area contributed by atoms with Crippen molar-refractivity contribution in [3.8, 4) is 0 Å². The van der Waals surface area contributed by atoms with Gasteiger partial charge in [0, 0.05) is 0 Å². The fourth-order valence-corrected chi connectivity index (χ4v) is 4.37. The molecule has 112 valence electrons. The van der Waals surface area contributed by atoms with Crippen LogP contribution in [0.3, 0.4) is 0 Å². The maximum Gasteiger partial charge on any atom is 0.305 e. The van der Waals surface area contributed by atoms with Gasteiger partial charge >= 0.3 is 5.97 Å². The zero-order valence-electron chi connectivity index (χ0n) is 11.8. The summed E-state index contributed by atoms with van der Waals surface area (Å²) in [6.45, 7) is 0. The van der Waals surface area contributed by atoms with Crippen LogP contribution in [0.2, 0.25) is 0 Å². The Morgan fingerprint density at radius 3 is 2.76 bits per heavy atom. The van der Waals surface area contributed by atoms with E-state index in [1.165, 1.54) is 5.56 Å². The van der Waals surface area contributed by atoms with E-state index in [9.17, 15) is 9.59 Å². The van der Waals surface area contributed by atoms with E-state index in [2.05, 4.69) is 11.4 Å². The minimum atomic E-state index is -0.841. The molecule has 1 fully saturated rings. The molecule has 0 aromatic heterocycles. The number of carboxylic acids is 1. The standard InChI is InChI=1S/C16H19NO3S/c18-13(19)10-16(7-3-8-16)17-15(20)14-12-5-2-1-4-11(12)6-9-21-14/h1-2,4-5,14H,3,6-10H2,(H,17,20)(H,18,19). The van der Waals surface area contributed by atoms with Crippen molar-refractivity contribution in [2.75, 3.05) is 5.75 Å². The summed E-state index contributed by atoms with van der Waals surface area (Å²) in [5.41, 5.74) is 1.80. The van der Waals surface area contributed by atoms with Gasteiger partial charge in [-0.3, -0.25) is 9.59 Å². The van der Waals surface area contributed by atoms with Crippen molar-refractivity contribution < 1.29 is 14.7 Å². The van der Waals surface area contributed by atoms with E-state index in [1.54, 1.807) is 11.8 Å². The average Bonchev–Trinajstić information content (AvgIpc) is 2.43. The first-order chi connectivity index (χ1) is 10.1. The number of carboxylic acid groups (broad SMARTS) is 1. The summed E-state index contributed by atoms with van der Waals surface area (Å²) in [6, 6.07) is 8.05. The van der Waals surface area contributed by atoms with Crippen molar-refractivity contribution in [3.05, 3.63) is 35.4 Å². The van der Waals surface area contributed by atoms with Gasteiger partial charge in [-0.2, -0.15) is 0 Å². The molecule has 1 aliphatic heterocycles. The quantitative estimate of drug-likeness (QED) is 0.897. The van der Waals surface area contributed by atoms with Crippen molar-refractivity contribution in [2.45, 2.75) is 42.9 Å². The Bertz CT molecular complexity index is 568. The Morgan fingerprint density at radius 1 is 1.33 bits per heavy atom. The van der Waals surface area contributed by atoms with Gasteiger partial charge < -0.3 is 10.4 Å². The molecule has 1 aromatic carbocycles. The van der Waals surface area contributed by atoms with Gasteiger partial charge in [-0.1, -0.05) is 24.3 Å². The molecule has 1 aliphatic carbocycles. The molecule has 2 aliphatic rings. The first-order valence-electron chi connectivity index (χ1n) is 7.33. The second kappa shape index (κ2) is 5.72. The van der Waals surface area contributed by atoms with E-state index in [-0.39, 0.29) is 17.6 Å². The van der Waals surface area contributed by atoms with Crippen LogP contribution in [0, 0.1) is 0 Å². The summed E-state index contributed by atoms with van der Waals surface area (Å²) in [6.07, 6.45) is 3.54. The summed E-state index contributed by atoms with van der Waals surface area (Å²) in [4.78, 5) is 23.6. The van der Waals surface area contributed by atoms with Crippen molar-refractivity contribution >= 4 is 23.6 Å². The number of carbonyl (C=O) groups excluding carboxylic acids is 1. The van der Waals surface area contributed by atoms with E-state index in [0.717, 1.165) is 37.0 Å². The maximum atomic E-state index is 12.6. The lowest BCUT2D eigenvalue weighted by atomic mass is 9.74. The highest BCUT2D eigenvalue weighted by Gasteiger charge is 2.42. The molecule has 0 bridgehead atoms. The van der Waals surface area contributed by atoms with Crippen molar-refractivity contribution in [2.24, 2.45) is 0 Å². The third kappa shape index (κ3) is 2.93. The Kier molecular flexibility index (Phi) is 3.93. The van der Waals surface area contributed by atoms with Gasteiger partial charge in [-0.15, -0.1) is 11.8 Å². The van der Waals surface area contributed by atoms with E-state index >= 15 is 0 Å². The van der Waals surface area contributed by atoms with Gasteiger partial charge in [0.2, 0.25) is 5.91 Å². The molecule has 0 radical (unpaired) electrons. The number of benzene rings is 1. The zero-order chi connectivity index (χ0) is 14.9. The number of rotatable bonds is 4. The van der Waals surface area contributed by atoms with Gasteiger partial charge in [-0.05, 0) is 42.6 Å². The van der Waals surface area contributed by atoms with Crippen LogP contribution in [0.5, 0.6) is 0 Å². The van der Waals surface area contributed by atoms with E-state index < -0.39 is 11.5 Å². The molecule has 1 amide bonds. The van der Waals surface area contributed by atoms with Gasteiger partial charge in [-0.25, -0.2) is 0 Å². The number of hydrogen-bond acceptors (Lipinski definition) is 3. The normalized spacial score (nSPS) is 22.8. The molecule has 0 saturated heterocycles. The summed E-state index contributed by atoms with van der Waals surface area (Å²) in [5, 5.41) is 11.9. The molecule has 5 heteroatoms. The average molecular weight is 305 g/mol. The van der Waals surface area contributed by atoms with Crippen LogP contribution in [0.25, 0.3) is 0 Å². The van der Waals surface area contributed by atoms with Crippen molar-refractivity contribution in [3.63, 3.8) is 0 Å². The Hall–Kier alpha value is -1.49. The molecule has 4 nitrogen and oxygen atoms in total. The van der Waals surface area contributed by atoms with Crippen LogP contribution in [-0.4, -0.2) is 28.3 Å². The van der Waals surface area contributed by atoms with Crippen LogP contribution in [0.1, 0.15) is 42.1 Å². The van der Waals surface area contributed by atoms with Crippen molar-refractivity contribution in [1.82, 2.24) is 5.32 Å². The number of nitrogens with one attached hydrogen (secondary N) is 1. The lowest BCUT2D eigenvalue weighted by Crippen LogP contribution is -2.55. The molecule has 1 aromatic rings. The second-order valence-corrected chi connectivity index (χ2v) is 7.11. The lowest BCUT2D eigenvalue weighted by molar-refractivity contribution is -0.140. The SMILES string of the molecule is O=C(O)CC1(NC(=O)C2SCCc3ccccc32)CCC1. The first kappa shape index (κ1) is 14.4. The topological polar surface area (TPSA) is 66.4 Å². The van der Waals surface area contributed by atoms with E-state index in [1.807, 2.05) is 18.2 Å². The smallest absolute Gasteiger partial charge is 0.305 e. The van der Waals surface area contributed by atoms with Gasteiger partial charge in [0.15, 0.2) is 0 Å². The van der Waals surface area contributed by atoms with E-state index in [0.29, 0.717) is 0 Å². The van der Waals surface area contributed by atoms with Gasteiger partial charge in [0.05, 0.1) is 12.0 Å². The van der Waals surface area contributed by atoms with Crippen LogP contribution >= 0.6 is 11.8 Å². The molecule has 1 unspecified atom stereocenters. The Labute approximate surface area is 128 Å². The number of hydrogen-bond donors (Lipinski definition) is 2. The molecule has 3 rings (SSSR count). The van der Waals surface area contributed by atoms with Crippen LogP contribution < -0.4 is 5.32 Å². The maximum absolute atomic E-state index is 12.6. The number of aryl methyl sites for hydroxylation is 1. The number of amides is 1. The Balaban J connectivity index is 1.76. The zero-order valence-corrected chi connectivity index (χ0v) is 12.6. The second-order valence-electron chi connectivity index (χ2n) is 5.89. The van der Waals surface area contributed by atoms with Gasteiger partial charge in [0.25, 0.3) is 0 Å². The lowest BCUT2D eigenvalue weighted by Gasteiger charge is -2.42. The fraction of sp³-hybridized carbons (Fsp3) is 0.500. The molecule has 1 heterocycles. The Morgan fingerprint density at radius 2 is 2.10 bits per heavy atom. The molecular weight excluding hydrogens is 286 g/mol. The fourth-order valence-electron chi connectivity index (χ4n) is 3.18. The highest BCUT2D eigenvalue weighted by molar-refractivity contribution is 8.00. The minimum absolute atomic E-state index is 0.0256. The number of carbonyl (C=O) groups is 2. The summed E-state index contributed by atoms with van der Waals surface area (Å²) in [5.74, 6) is 0.0564. The summed E-state index contributed by atoms with van der Waals surface area (Å²) in [7, 11) is 0. The van der Waals surface area contributed by atoms with Crippen LogP contribution in [0.15, 0.2) is 24.3 Å². The summed E-state index contributed by atoms with van der Waals surface area (Å²) < 4.78 is 0. The number of aliphatic carboxylic acids is 1. The first-order valence-corrected chi connectivity index (χ1v) is 8.38. The highest BCUT2D eigenvalue weighted by Crippen LogP contribution is 2.40. The summed E-state index contributed by atoms with van der Waals surface area (Å²) >= 11 is 1.65. The highest BCUT2D eigenvalue weighted by atomic mass is 32.2. The molecular formula is C16H19NO3S. The number of fused-ring (bicyclic) bond motifs is 1. The third-order valence-electron chi connectivity index (χ3n) is 4.42. The number of thioether (sulfide) groups is 1. The van der Waals surface area contributed by atoms with E-state index in [4.69, 9.17) is 5.11 Å². The predicted octanol–water partition coefficient (Wildman–Crippen LogP) is 2.53. The molecule has 2 N–H and O–H groups in total. The molecule has 21 heavy (non-hydrogen) atoms. The van der Waals surface area contributed by atoms with Crippen molar-refractivity contribution in [1.29, 1.82) is 0 Å². The van der Waals surface area contributed by atoms with Crippen LogP contribution in [0.4, 0.5) is 0 Å². The third-order valence-corrected chi connectivity index (χ3v) is 5.66. The minimum Gasteiger partial charge on any atom is -0.481 e. The largest absolute Gasteiger partial charge is 0.481 e. The molecule has 1 saturated carbocycles.